The Balaban J connectivity index is 1.78. The Bertz CT molecular complexity index is 594. The van der Waals surface area contributed by atoms with Crippen LogP contribution in [0.25, 0.3) is 0 Å². The third-order valence-corrected chi connectivity index (χ3v) is 5.89. The zero-order chi connectivity index (χ0) is 14.4. The van der Waals surface area contributed by atoms with Gasteiger partial charge in [-0.15, -0.1) is 0 Å². The molecular formula is C12H19N3O4S. The second-order valence-corrected chi connectivity index (χ2v) is 7.17. The molecule has 1 aromatic rings. The minimum Gasteiger partial charge on any atom is -0.347 e. The second-order valence-electron chi connectivity index (χ2n) is 5.26. The second kappa shape index (κ2) is 4.80. The highest BCUT2D eigenvalue weighted by atomic mass is 32.2. The smallest absolute Gasteiger partial charge is 0.246 e. The summed E-state index contributed by atoms with van der Waals surface area (Å²) < 4.78 is 39.5. The normalized spacial score (nSPS) is 23.5. The summed E-state index contributed by atoms with van der Waals surface area (Å²) in [4.78, 5) is 0.282. The zero-order valence-electron chi connectivity index (χ0n) is 11.7. The molecule has 1 aromatic heterocycles. The molecule has 3 rings (SSSR count). The van der Waals surface area contributed by atoms with Gasteiger partial charge in [0.15, 0.2) is 5.79 Å². The van der Waals surface area contributed by atoms with E-state index in [2.05, 4.69) is 5.10 Å². The highest BCUT2D eigenvalue weighted by Gasteiger charge is 2.43. The number of nitrogens with zero attached hydrogens (tertiary/aromatic N) is 3. The maximum atomic E-state index is 12.6. The number of hydrogen-bond acceptors (Lipinski definition) is 5. The van der Waals surface area contributed by atoms with Crippen LogP contribution in [-0.2, 0) is 26.5 Å². The number of aryl methyl sites for hydroxylation is 2. The van der Waals surface area contributed by atoms with Gasteiger partial charge in [-0.2, -0.15) is 9.40 Å². The first-order chi connectivity index (χ1) is 9.43. The van der Waals surface area contributed by atoms with Gasteiger partial charge in [0.2, 0.25) is 10.0 Å². The fourth-order valence-electron chi connectivity index (χ4n) is 2.82. The van der Waals surface area contributed by atoms with Crippen LogP contribution < -0.4 is 0 Å². The highest BCUT2D eigenvalue weighted by Crippen LogP contribution is 2.33. The number of piperidine rings is 1. The Morgan fingerprint density at radius 3 is 2.35 bits per heavy atom. The molecule has 0 bridgehead atoms. The van der Waals surface area contributed by atoms with Crippen molar-refractivity contribution in [1.82, 2.24) is 14.1 Å². The van der Waals surface area contributed by atoms with E-state index in [4.69, 9.17) is 9.47 Å². The van der Waals surface area contributed by atoms with Crippen molar-refractivity contribution in [3.63, 3.8) is 0 Å². The summed E-state index contributed by atoms with van der Waals surface area (Å²) in [6.07, 6.45) is 2.70. The molecule has 8 heteroatoms. The highest BCUT2D eigenvalue weighted by molar-refractivity contribution is 7.89. The van der Waals surface area contributed by atoms with E-state index in [0.717, 1.165) is 0 Å². The van der Waals surface area contributed by atoms with E-state index in [1.807, 2.05) is 0 Å². The number of ether oxygens (including phenoxy) is 2. The third-order valence-electron chi connectivity index (χ3n) is 3.88. The van der Waals surface area contributed by atoms with Crippen molar-refractivity contribution in [2.24, 2.45) is 7.05 Å². The third kappa shape index (κ3) is 2.26. The molecule has 2 fully saturated rings. The lowest BCUT2D eigenvalue weighted by Crippen LogP contribution is -2.47. The van der Waals surface area contributed by atoms with Crippen molar-refractivity contribution in [2.45, 2.75) is 30.4 Å². The first-order valence-electron chi connectivity index (χ1n) is 6.71. The maximum absolute atomic E-state index is 12.6. The molecule has 2 aliphatic rings. The summed E-state index contributed by atoms with van der Waals surface area (Å²) in [6.45, 7) is 3.72. The Morgan fingerprint density at radius 1 is 1.25 bits per heavy atom. The van der Waals surface area contributed by atoms with E-state index < -0.39 is 15.8 Å². The summed E-state index contributed by atoms with van der Waals surface area (Å²) in [5.41, 5.74) is 0.529. The standard InChI is InChI=1S/C12H19N3O4S/c1-10-11(9-14(2)13-10)20(16,17)15-5-3-12(4-6-15)18-7-8-19-12/h9H,3-8H2,1-2H3. The van der Waals surface area contributed by atoms with Gasteiger partial charge < -0.3 is 9.47 Å². The van der Waals surface area contributed by atoms with Gasteiger partial charge in [0.1, 0.15) is 4.90 Å². The fourth-order valence-corrected chi connectivity index (χ4v) is 4.46. The largest absolute Gasteiger partial charge is 0.347 e. The summed E-state index contributed by atoms with van der Waals surface area (Å²) in [5, 5.41) is 4.10. The Hall–Kier alpha value is -0.960. The molecule has 0 atom stereocenters. The Kier molecular flexibility index (Phi) is 3.36. The number of sulfonamides is 1. The lowest BCUT2D eigenvalue weighted by atomic mass is 10.1. The summed E-state index contributed by atoms with van der Waals surface area (Å²) >= 11 is 0. The molecule has 0 aliphatic carbocycles. The molecule has 3 heterocycles. The molecule has 2 aliphatic heterocycles. The van der Waals surface area contributed by atoms with Gasteiger partial charge in [-0.05, 0) is 6.92 Å². The van der Waals surface area contributed by atoms with Gasteiger partial charge in [-0.3, -0.25) is 4.68 Å². The van der Waals surface area contributed by atoms with Crippen LogP contribution in [0, 0.1) is 6.92 Å². The average molecular weight is 301 g/mol. The van der Waals surface area contributed by atoms with E-state index >= 15 is 0 Å². The quantitative estimate of drug-likeness (QED) is 0.783. The minimum absolute atomic E-state index is 0.282. The molecular weight excluding hydrogens is 282 g/mol. The zero-order valence-corrected chi connectivity index (χ0v) is 12.5. The lowest BCUT2D eigenvalue weighted by Gasteiger charge is -2.36. The van der Waals surface area contributed by atoms with Crippen LogP contribution in [0.5, 0.6) is 0 Å². The van der Waals surface area contributed by atoms with Gasteiger partial charge in [0.05, 0.1) is 18.9 Å². The van der Waals surface area contributed by atoms with Gasteiger partial charge in [0, 0.05) is 39.2 Å². The van der Waals surface area contributed by atoms with Crippen LogP contribution in [0.2, 0.25) is 0 Å². The molecule has 0 radical (unpaired) electrons. The van der Waals surface area contributed by atoms with Crippen molar-refractivity contribution >= 4 is 10.0 Å². The van der Waals surface area contributed by atoms with Crippen LogP contribution in [-0.4, -0.2) is 54.6 Å². The SMILES string of the molecule is Cc1nn(C)cc1S(=O)(=O)N1CCC2(CC1)OCCO2. The van der Waals surface area contributed by atoms with E-state index in [-0.39, 0.29) is 4.90 Å². The van der Waals surface area contributed by atoms with Crippen LogP contribution in [0.1, 0.15) is 18.5 Å². The summed E-state index contributed by atoms with van der Waals surface area (Å²) in [7, 11) is -1.76. The van der Waals surface area contributed by atoms with Gasteiger partial charge in [-0.25, -0.2) is 8.42 Å². The van der Waals surface area contributed by atoms with Crippen molar-refractivity contribution < 1.29 is 17.9 Å². The first-order valence-corrected chi connectivity index (χ1v) is 8.15. The van der Waals surface area contributed by atoms with E-state index in [9.17, 15) is 8.42 Å². The fraction of sp³-hybridized carbons (Fsp3) is 0.750. The molecule has 112 valence electrons. The number of rotatable bonds is 2. The molecule has 0 saturated carbocycles. The van der Waals surface area contributed by atoms with Crippen molar-refractivity contribution in [3.8, 4) is 0 Å². The minimum atomic E-state index is -3.48. The Labute approximate surface area is 118 Å². The molecule has 0 aromatic carbocycles. The summed E-state index contributed by atoms with van der Waals surface area (Å²) in [5.74, 6) is -0.560. The predicted octanol–water partition coefficient (Wildman–Crippen LogP) is 0.256. The van der Waals surface area contributed by atoms with E-state index in [1.54, 1.807) is 20.2 Å². The van der Waals surface area contributed by atoms with Crippen molar-refractivity contribution in [2.75, 3.05) is 26.3 Å². The van der Waals surface area contributed by atoms with Crippen LogP contribution in [0.15, 0.2) is 11.1 Å². The maximum Gasteiger partial charge on any atom is 0.246 e. The van der Waals surface area contributed by atoms with Crippen molar-refractivity contribution in [3.05, 3.63) is 11.9 Å². The number of aromatic nitrogens is 2. The summed E-state index contributed by atoms with van der Waals surface area (Å²) in [6, 6.07) is 0. The molecule has 0 N–H and O–H groups in total. The average Bonchev–Trinajstić information content (AvgIpc) is 2.97. The van der Waals surface area contributed by atoms with Crippen molar-refractivity contribution in [1.29, 1.82) is 0 Å². The molecule has 7 nitrogen and oxygen atoms in total. The predicted molar refractivity (Wildman–Crippen MR) is 70.6 cm³/mol. The van der Waals surface area contributed by atoms with Crippen LogP contribution in [0.4, 0.5) is 0 Å². The molecule has 2 saturated heterocycles. The van der Waals surface area contributed by atoms with Gasteiger partial charge in [0.25, 0.3) is 0 Å². The molecule has 1 spiro atoms. The Morgan fingerprint density at radius 2 is 1.85 bits per heavy atom. The topological polar surface area (TPSA) is 73.7 Å². The van der Waals surface area contributed by atoms with E-state index in [0.29, 0.717) is 44.8 Å². The molecule has 0 unspecified atom stereocenters. The van der Waals surface area contributed by atoms with Gasteiger partial charge >= 0.3 is 0 Å². The number of hydrogen-bond donors (Lipinski definition) is 0. The monoisotopic (exact) mass is 301 g/mol. The van der Waals surface area contributed by atoms with E-state index in [1.165, 1.54) is 8.99 Å². The van der Waals surface area contributed by atoms with Gasteiger partial charge in [-0.1, -0.05) is 0 Å². The first kappa shape index (κ1) is 14.0. The van der Waals surface area contributed by atoms with Crippen LogP contribution in [0.3, 0.4) is 0 Å². The van der Waals surface area contributed by atoms with Crippen LogP contribution >= 0.6 is 0 Å². The molecule has 20 heavy (non-hydrogen) atoms. The lowest BCUT2D eigenvalue weighted by molar-refractivity contribution is -0.179. The molecule has 0 amide bonds.